The summed E-state index contributed by atoms with van der Waals surface area (Å²) in [6.45, 7) is 5.56. The fourth-order valence-electron chi connectivity index (χ4n) is 0.890. The summed E-state index contributed by atoms with van der Waals surface area (Å²) < 4.78 is 0. The number of hydrogen-bond acceptors (Lipinski definition) is 4. The van der Waals surface area contributed by atoms with E-state index in [1.165, 1.54) is 0 Å². The molecule has 0 atom stereocenters. The van der Waals surface area contributed by atoms with Crippen molar-refractivity contribution in [1.29, 1.82) is 0 Å². The van der Waals surface area contributed by atoms with Gasteiger partial charge in [-0.2, -0.15) is 4.98 Å². The van der Waals surface area contributed by atoms with E-state index in [0.29, 0.717) is 0 Å². The number of nitrogens with zero attached hydrogens (tertiary/aromatic N) is 3. The Morgan fingerprint density at radius 2 is 2.33 bits per heavy atom. The molecule has 1 heterocycles. The van der Waals surface area contributed by atoms with Crippen LogP contribution in [0.25, 0.3) is 0 Å². The molecule has 1 rings (SSSR count). The van der Waals surface area contributed by atoms with Crippen molar-refractivity contribution in [3.05, 3.63) is 24.5 Å². The number of anilines is 2. The van der Waals surface area contributed by atoms with Gasteiger partial charge in [-0.3, -0.25) is 0 Å². The summed E-state index contributed by atoms with van der Waals surface area (Å²) in [4.78, 5) is 9.73. The first-order valence-corrected chi connectivity index (χ1v) is 3.59. The molecular formula is C8H12N4. The Kier molecular flexibility index (Phi) is 2.28. The monoisotopic (exact) mass is 164 g/mol. The van der Waals surface area contributed by atoms with Gasteiger partial charge in [0.1, 0.15) is 5.82 Å². The van der Waals surface area contributed by atoms with E-state index < -0.39 is 0 Å². The SMILES string of the molecule is C=CN(C)c1nc(N)ncc1C. The zero-order valence-corrected chi connectivity index (χ0v) is 7.28. The van der Waals surface area contributed by atoms with E-state index in [4.69, 9.17) is 5.73 Å². The topological polar surface area (TPSA) is 55.0 Å². The molecular weight excluding hydrogens is 152 g/mol. The predicted octanol–water partition coefficient (Wildman–Crippen LogP) is 0.947. The molecule has 0 spiro atoms. The Morgan fingerprint density at radius 1 is 1.67 bits per heavy atom. The van der Waals surface area contributed by atoms with E-state index in [2.05, 4.69) is 16.5 Å². The van der Waals surface area contributed by atoms with Crippen LogP contribution < -0.4 is 10.6 Å². The molecule has 0 aliphatic rings. The van der Waals surface area contributed by atoms with Gasteiger partial charge in [0.15, 0.2) is 0 Å². The van der Waals surface area contributed by atoms with Gasteiger partial charge < -0.3 is 10.6 Å². The lowest BCUT2D eigenvalue weighted by Gasteiger charge is -2.14. The Hall–Kier alpha value is -1.58. The number of nitrogens with two attached hydrogens (primary N) is 1. The van der Waals surface area contributed by atoms with Gasteiger partial charge in [0.25, 0.3) is 0 Å². The molecule has 12 heavy (non-hydrogen) atoms. The van der Waals surface area contributed by atoms with E-state index >= 15 is 0 Å². The maximum atomic E-state index is 5.44. The Morgan fingerprint density at radius 3 is 2.92 bits per heavy atom. The van der Waals surface area contributed by atoms with Gasteiger partial charge in [-0.15, -0.1) is 0 Å². The normalized spacial score (nSPS) is 9.50. The molecule has 64 valence electrons. The molecule has 0 aliphatic heterocycles. The summed E-state index contributed by atoms with van der Waals surface area (Å²) >= 11 is 0. The van der Waals surface area contributed by atoms with Crippen LogP contribution in [0.5, 0.6) is 0 Å². The van der Waals surface area contributed by atoms with Crippen LogP contribution in [0, 0.1) is 6.92 Å². The smallest absolute Gasteiger partial charge is 0.221 e. The molecule has 0 amide bonds. The van der Waals surface area contributed by atoms with Crippen molar-refractivity contribution in [2.45, 2.75) is 6.92 Å². The minimum atomic E-state index is 0.282. The molecule has 0 saturated carbocycles. The van der Waals surface area contributed by atoms with Crippen LogP contribution in [0.2, 0.25) is 0 Å². The molecule has 0 saturated heterocycles. The van der Waals surface area contributed by atoms with Crippen LogP contribution in [0.4, 0.5) is 11.8 Å². The quantitative estimate of drug-likeness (QED) is 0.707. The molecule has 4 heteroatoms. The molecule has 0 aromatic carbocycles. The van der Waals surface area contributed by atoms with Gasteiger partial charge in [0, 0.05) is 18.8 Å². The highest BCUT2D eigenvalue weighted by Gasteiger charge is 2.03. The second kappa shape index (κ2) is 3.21. The third kappa shape index (κ3) is 1.53. The maximum Gasteiger partial charge on any atom is 0.221 e. The number of hydrogen-bond donors (Lipinski definition) is 1. The first-order valence-electron chi connectivity index (χ1n) is 3.59. The molecule has 0 fully saturated rings. The van der Waals surface area contributed by atoms with Crippen molar-refractivity contribution < 1.29 is 0 Å². The van der Waals surface area contributed by atoms with Gasteiger partial charge in [-0.05, 0) is 13.1 Å². The largest absolute Gasteiger partial charge is 0.368 e. The van der Waals surface area contributed by atoms with Crippen LogP contribution in [0.3, 0.4) is 0 Å². The molecule has 2 N–H and O–H groups in total. The van der Waals surface area contributed by atoms with Gasteiger partial charge >= 0.3 is 0 Å². The zero-order chi connectivity index (χ0) is 9.14. The average Bonchev–Trinajstić information content (AvgIpc) is 2.08. The highest BCUT2D eigenvalue weighted by Crippen LogP contribution is 2.14. The van der Waals surface area contributed by atoms with E-state index in [-0.39, 0.29) is 5.95 Å². The lowest BCUT2D eigenvalue weighted by atomic mass is 10.3. The Labute approximate surface area is 71.7 Å². The standard InChI is InChI=1S/C8H12N4/c1-4-12(3)7-6(2)5-10-8(9)11-7/h4-5H,1H2,2-3H3,(H2,9,10,11). The van der Waals surface area contributed by atoms with Crippen molar-refractivity contribution in [2.24, 2.45) is 0 Å². The van der Waals surface area contributed by atoms with E-state index in [0.717, 1.165) is 11.4 Å². The van der Waals surface area contributed by atoms with Crippen molar-refractivity contribution in [1.82, 2.24) is 9.97 Å². The minimum Gasteiger partial charge on any atom is -0.368 e. The summed E-state index contributed by atoms with van der Waals surface area (Å²) in [6.07, 6.45) is 3.37. The molecule has 4 nitrogen and oxygen atoms in total. The summed E-state index contributed by atoms with van der Waals surface area (Å²) in [5.74, 6) is 1.07. The maximum absolute atomic E-state index is 5.44. The van der Waals surface area contributed by atoms with Crippen LogP contribution >= 0.6 is 0 Å². The fraction of sp³-hybridized carbons (Fsp3) is 0.250. The summed E-state index contributed by atoms with van der Waals surface area (Å²) in [5, 5.41) is 0. The first kappa shape index (κ1) is 8.52. The third-order valence-electron chi connectivity index (χ3n) is 1.57. The number of nitrogen functional groups attached to an aromatic ring is 1. The van der Waals surface area contributed by atoms with E-state index in [1.807, 2.05) is 14.0 Å². The summed E-state index contributed by atoms with van der Waals surface area (Å²) in [5.41, 5.74) is 6.42. The molecule has 0 bridgehead atoms. The minimum absolute atomic E-state index is 0.282. The van der Waals surface area contributed by atoms with E-state index in [9.17, 15) is 0 Å². The van der Waals surface area contributed by atoms with E-state index in [1.54, 1.807) is 17.3 Å². The predicted molar refractivity (Wildman–Crippen MR) is 49.8 cm³/mol. The molecule has 0 unspecified atom stereocenters. The van der Waals surface area contributed by atoms with Crippen LogP contribution in [-0.4, -0.2) is 17.0 Å². The average molecular weight is 164 g/mol. The highest BCUT2D eigenvalue weighted by molar-refractivity contribution is 5.49. The molecule has 0 radical (unpaired) electrons. The molecule has 0 aliphatic carbocycles. The summed E-state index contributed by atoms with van der Waals surface area (Å²) in [7, 11) is 1.86. The molecule has 1 aromatic rings. The Bertz CT molecular complexity index is 295. The van der Waals surface area contributed by atoms with Gasteiger partial charge in [0.05, 0.1) is 0 Å². The number of aryl methyl sites for hydroxylation is 1. The fourth-order valence-corrected chi connectivity index (χ4v) is 0.890. The lowest BCUT2D eigenvalue weighted by Crippen LogP contribution is -2.12. The highest BCUT2D eigenvalue weighted by atomic mass is 15.2. The van der Waals surface area contributed by atoms with Crippen molar-refractivity contribution in [3.63, 3.8) is 0 Å². The number of aromatic nitrogens is 2. The van der Waals surface area contributed by atoms with Crippen LogP contribution in [0.1, 0.15) is 5.56 Å². The molecule has 1 aromatic heterocycles. The van der Waals surface area contributed by atoms with Gasteiger partial charge in [-0.1, -0.05) is 6.58 Å². The van der Waals surface area contributed by atoms with Crippen molar-refractivity contribution >= 4 is 11.8 Å². The van der Waals surface area contributed by atoms with Crippen LogP contribution in [0.15, 0.2) is 19.0 Å². The first-order chi connectivity index (χ1) is 5.65. The second-order valence-corrected chi connectivity index (χ2v) is 2.53. The Balaban J connectivity index is 3.12. The van der Waals surface area contributed by atoms with Gasteiger partial charge in [-0.25, -0.2) is 4.98 Å². The van der Waals surface area contributed by atoms with Gasteiger partial charge in [0.2, 0.25) is 5.95 Å². The summed E-state index contributed by atoms with van der Waals surface area (Å²) in [6, 6.07) is 0. The lowest BCUT2D eigenvalue weighted by molar-refractivity contribution is 1.06. The van der Waals surface area contributed by atoms with Crippen molar-refractivity contribution in [2.75, 3.05) is 17.7 Å². The van der Waals surface area contributed by atoms with Crippen molar-refractivity contribution in [3.8, 4) is 0 Å². The number of rotatable bonds is 2. The zero-order valence-electron chi connectivity index (χ0n) is 7.28. The van der Waals surface area contributed by atoms with Crippen LogP contribution in [-0.2, 0) is 0 Å². The second-order valence-electron chi connectivity index (χ2n) is 2.53. The third-order valence-corrected chi connectivity index (χ3v) is 1.57.